The lowest BCUT2D eigenvalue weighted by atomic mass is 9.80. The second-order valence-corrected chi connectivity index (χ2v) is 7.29. The van der Waals surface area contributed by atoms with Crippen molar-refractivity contribution in [2.45, 2.75) is 71.0 Å². The zero-order valence-electron chi connectivity index (χ0n) is 15.9. The van der Waals surface area contributed by atoms with E-state index in [0.29, 0.717) is 0 Å². The average Bonchev–Trinajstić information content (AvgIpc) is 2.52. The molecule has 0 aliphatic carbocycles. The topological polar surface area (TPSA) is 72.8 Å². The van der Waals surface area contributed by atoms with Crippen LogP contribution in [0.25, 0.3) is 0 Å². The van der Waals surface area contributed by atoms with E-state index in [1.165, 1.54) is 0 Å². The summed E-state index contributed by atoms with van der Waals surface area (Å²) in [5.41, 5.74) is -1.52. The maximum Gasteiger partial charge on any atom is 0.337 e. The molecular formula is C20H30O5. The number of benzene rings is 1. The number of carboxylic acids is 1. The third kappa shape index (κ3) is 6.16. The fraction of sp³-hybridized carbons (Fsp3) is 0.600. The molecule has 0 saturated carbocycles. The van der Waals surface area contributed by atoms with Gasteiger partial charge in [0.25, 0.3) is 0 Å². The number of carbonyl (C=O) groups excluding carboxylic acids is 1. The molecule has 1 N–H and O–H groups in total. The first-order valence-corrected chi connectivity index (χ1v) is 8.76. The average molecular weight is 350 g/mol. The van der Waals surface area contributed by atoms with Crippen molar-refractivity contribution in [2.24, 2.45) is 0 Å². The molecule has 0 aromatic heterocycles. The van der Waals surface area contributed by atoms with Crippen LogP contribution in [0.5, 0.6) is 0 Å². The largest absolute Gasteiger partial charge is 0.479 e. The summed E-state index contributed by atoms with van der Waals surface area (Å²) in [6, 6.07) is 9.25. The molecule has 5 heteroatoms. The van der Waals surface area contributed by atoms with Crippen LogP contribution < -0.4 is 0 Å². The number of esters is 1. The van der Waals surface area contributed by atoms with Gasteiger partial charge >= 0.3 is 11.9 Å². The zero-order valence-corrected chi connectivity index (χ0v) is 15.9. The van der Waals surface area contributed by atoms with Gasteiger partial charge in [-0.2, -0.15) is 0 Å². The van der Waals surface area contributed by atoms with E-state index in [4.69, 9.17) is 9.47 Å². The maximum absolute atomic E-state index is 12.4. The standard InChI is InChI=1S/C20H30O5/c1-6-7-13-24-20(18(22)23,14-17(21)25-19(3,4)5)15(2)16-11-9-8-10-12-16/h8-12,15H,6-7,13-14H2,1-5H3,(H,22,23)/t15?,20-/m1/s1. The van der Waals surface area contributed by atoms with Gasteiger partial charge in [0.05, 0.1) is 6.42 Å². The van der Waals surface area contributed by atoms with Gasteiger partial charge in [-0.3, -0.25) is 4.79 Å². The predicted octanol–water partition coefficient (Wildman–Crippen LogP) is 4.16. The van der Waals surface area contributed by atoms with Crippen molar-refractivity contribution in [3.8, 4) is 0 Å². The summed E-state index contributed by atoms with van der Waals surface area (Å²) in [7, 11) is 0. The van der Waals surface area contributed by atoms with Crippen LogP contribution in [0.4, 0.5) is 0 Å². The second kappa shape index (κ2) is 8.99. The number of carbonyl (C=O) groups is 2. The summed E-state index contributed by atoms with van der Waals surface area (Å²) in [5.74, 6) is -2.23. The lowest BCUT2D eigenvalue weighted by Crippen LogP contribution is -2.49. The van der Waals surface area contributed by atoms with Gasteiger partial charge in [0.1, 0.15) is 5.60 Å². The van der Waals surface area contributed by atoms with E-state index in [1.807, 2.05) is 37.3 Å². The van der Waals surface area contributed by atoms with Crippen LogP contribution in [0.3, 0.4) is 0 Å². The molecule has 0 saturated heterocycles. The molecule has 2 atom stereocenters. The van der Waals surface area contributed by atoms with Crippen molar-refractivity contribution in [2.75, 3.05) is 6.61 Å². The lowest BCUT2D eigenvalue weighted by molar-refractivity contribution is -0.182. The Morgan fingerprint density at radius 1 is 1.16 bits per heavy atom. The third-order valence-electron chi connectivity index (χ3n) is 4.05. The van der Waals surface area contributed by atoms with E-state index >= 15 is 0 Å². The summed E-state index contributed by atoms with van der Waals surface area (Å²) in [4.78, 5) is 24.6. The van der Waals surface area contributed by atoms with Crippen molar-refractivity contribution in [1.29, 1.82) is 0 Å². The Hall–Kier alpha value is -1.88. The Balaban J connectivity index is 3.17. The highest BCUT2D eigenvalue weighted by Gasteiger charge is 2.48. The van der Waals surface area contributed by atoms with E-state index in [-0.39, 0.29) is 13.0 Å². The van der Waals surface area contributed by atoms with Gasteiger partial charge in [0.15, 0.2) is 5.60 Å². The monoisotopic (exact) mass is 350 g/mol. The molecule has 0 bridgehead atoms. The molecule has 5 nitrogen and oxygen atoms in total. The molecule has 0 aliphatic rings. The maximum atomic E-state index is 12.4. The highest BCUT2D eigenvalue weighted by Crippen LogP contribution is 2.36. The van der Waals surface area contributed by atoms with E-state index in [1.54, 1.807) is 27.7 Å². The highest BCUT2D eigenvalue weighted by molar-refractivity contribution is 5.86. The van der Waals surface area contributed by atoms with Gasteiger partial charge in [0, 0.05) is 12.5 Å². The molecule has 0 fully saturated rings. The van der Waals surface area contributed by atoms with Crippen molar-refractivity contribution < 1.29 is 24.2 Å². The molecule has 0 aliphatic heterocycles. The first-order valence-electron chi connectivity index (χ1n) is 8.76. The van der Waals surface area contributed by atoms with Crippen molar-refractivity contribution in [1.82, 2.24) is 0 Å². The van der Waals surface area contributed by atoms with Crippen LogP contribution in [0, 0.1) is 0 Å². The number of carboxylic acid groups (broad SMARTS) is 1. The Labute approximate surface area is 150 Å². The number of aliphatic carboxylic acids is 1. The molecule has 140 valence electrons. The van der Waals surface area contributed by atoms with Gasteiger partial charge in [-0.25, -0.2) is 4.79 Å². The van der Waals surface area contributed by atoms with Gasteiger partial charge in [-0.1, -0.05) is 50.6 Å². The van der Waals surface area contributed by atoms with E-state index in [2.05, 4.69) is 0 Å². The van der Waals surface area contributed by atoms with Crippen LogP contribution in [0.1, 0.15) is 65.4 Å². The molecule has 25 heavy (non-hydrogen) atoms. The van der Waals surface area contributed by atoms with Crippen molar-refractivity contribution in [3.05, 3.63) is 35.9 Å². The summed E-state index contributed by atoms with van der Waals surface area (Å²) < 4.78 is 11.2. The minimum Gasteiger partial charge on any atom is -0.479 e. The fourth-order valence-electron chi connectivity index (χ4n) is 2.65. The summed E-state index contributed by atoms with van der Waals surface area (Å²) in [6.07, 6.45) is 1.27. The van der Waals surface area contributed by atoms with E-state index in [0.717, 1.165) is 18.4 Å². The van der Waals surface area contributed by atoms with Crippen LogP contribution in [0.15, 0.2) is 30.3 Å². The molecular weight excluding hydrogens is 320 g/mol. The molecule has 0 spiro atoms. The smallest absolute Gasteiger partial charge is 0.337 e. The number of hydrogen-bond donors (Lipinski definition) is 1. The Morgan fingerprint density at radius 2 is 1.76 bits per heavy atom. The Kier molecular flexibility index (Phi) is 7.61. The SMILES string of the molecule is CCCCO[C@@](CC(=O)OC(C)(C)C)(C(=O)O)C(C)c1ccccc1. The van der Waals surface area contributed by atoms with Crippen LogP contribution >= 0.6 is 0 Å². The second-order valence-electron chi connectivity index (χ2n) is 7.29. The number of ether oxygens (including phenoxy) is 2. The minimum absolute atomic E-state index is 0.281. The normalized spacial score (nSPS) is 15.2. The lowest BCUT2D eigenvalue weighted by Gasteiger charge is -2.35. The third-order valence-corrected chi connectivity index (χ3v) is 4.05. The highest BCUT2D eigenvalue weighted by atomic mass is 16.6. The Bertz CT molecular complexity index is 561. The van der Waals surface area contributed by atoms with Crippen molar-refractivity contribution >= 4 is 11.9 Å². The number of hydrogen-bond acceptors (Lipinski definition) is 4. The molecule has 1 aromatic carbocycles. The van der Waals surface area contributed by atoms with Crippen LogP contribution in [-0.4, -0.2) is 34.9 Å². The first kappa shape index (κ1) is 21.2. The fourth-order valence-corrected chi connectivity index (χ4v) is 2.65. The summed E-state index contributed by atoms with van der Waals surface area (Å²) in [5, 5.41) is 9.97. The minimum atomic E-state index is -1.65. The first-order chi connectivity index (χ1) is 11.6. The molecule has 0 radical (unpaired) electrons. The van der Waals surface area contributed by atoms with Crippen LogP contribution in [-0.2, 0) is 19.1 Å². The summed E-state index contributed by atoms with van der Waals surface area (Å²) >= 11 is 0. The summed E-state index contributed by atoms with van der Waals surface area (Å²) in [6.45, 7) is 9.33. The quantitative estimate of drug-likeness (QED) is 0.535. The van der Waals surface area contributed by atoms with Gasteiger partial charge in [-0.05, 0) is 32.8 Å². The molecule has 1 aromatic rings. The Morgan fingerprint density at radius 3 is 2.24 bits per heavy atom. The number of rotatable bonds is 9. The zero-order chi connectivity index (χ0) is 19.1. The van der Waals surface area contributed by atoms with Gasteiger partial charge in [-0.15, -0.1) is 0 Å². The molecule has 0 amide bonds. The molecule has 1 unspecified atom stereocenters. The van der Waals surface area contributed by atoms with E-state index < -0.39 is 29.1 Å². The van der Waals surface area contributed by atoms with Gasteiger partial charge < -0.3 is 14.6 Å². The number of unbranched alkanes of at least 4 members (excludes halogenated alkanes) is 1. The molecule has 1 rings (SSSR count). The van der Waals surface area contributed by atoms with Crippen LogP contribution in [0.2, 0.25) is 0 Å². The molecule has 0 heterocycles. The predicted molar refractivity (Wildman–Crippen MR) is 96.5 cm³/mol. The van der Waals surface area contributed by atoms with E-state index in [9.17, 15) is 14.7 Å². The van der Waals surface area contributed by atoms with Crippen molar-refractivity contribution in [3.63, 3.8) is 0 Å². The van der Waals surface area contributed by atoms with Gasteiger partial charge in [0.2, 0.25) is 0 Å².